The van der Waals surface area contributed by atoms with Gasteiger partial charge in [-0.2, -0.15) is 0 Å². The summed E-state index contributed by atoms with van der Waals surface area (Å²) in [5.74, 6) is -0.585. The predicted molar refractivity (Wildman–Crippen MR) is 95.3 cm³/mol. The summed E-state index contributed by atoms with van der Waals surface area (Å²) in [6.45, 7) is 4.98. The quantitative estimate of drug-likeness (QED) is 0.796. The van der Waals surface area contributed by atoms with Crippen LogP contribution in [0.5, 0.6) is 0 Å². The third-order valence-electron chi connectivity index (χ3n) is 4.29. The Hall–Kier alpha value is -3.16. The smallest absolute Gasteiger partial charge is 0.266 e. The van der Waals surface area contributed by atoms with Crippen LogP contribution in [0.4, 0.5) is 5.69 Å². The molecule has 0 fully saturated rings. The number of rotatable bonds is 4. The first-order valence-corrected chi connectivity index (χ1v) is 8.33. The topological polar surface area (TPSA) is 110 Å². The molecule has 1 aliphatic rings. The van der Waals surface area contributed by atoms with Gasteiger partial charge in [-0.1, -0.05) is 6.07 Å². The molecule has 2 heterocycles. The average Bonchev–Trinajstić information content (AvgIpc) is 2.96. The van der Waals surface area contributed by atoms with Gasteiger partial charge < -0.3 is 20.5 Å². The molecule has 1 aliphatic heterocycles. The average molecular weight is 355 g/mol. The first-order chi connectivity index (χ1) is 12.3. The Balaban J connectivity index is 1.61. The number of amides is 3. The van der Waals surface area contributed by atoms with Crippen molar-refractivity contribution in [1.29, 1.82) is 0 Å². The Bertz CT molecular complexity index is 867. The van der Waals surface area contributed by atoms with Crippen LogP contribution in [-0.4, -0.2) is 38.7 Å². The number of carbonyl (C=O) groups excluding carboxylic acids is 3. The molecule has 8 heteroatoms. The molecule has 1 aromatic carbocycles. The van der Waals surface area contributed by atoms with Gasteiger partial charge in [0.25, 0.3) is 5.91 Å². The number of benzene rings is 1. The van der Waals surface area contributed by atoms with Crippen molar-refractivity contribution in [2.24, 2.45) is 5.73 Å². The highest BCUT2D eigenvalue weighted by molar-refractivity contribution is 6.03. The summed E-state index contributed by atoms with van der Waals surface area (Å²) in [6, 6.07) is 5.73. The molecule has 8 nitrogen and oxygen atoms in total. The molecule has 136 valence electrons. The van der Waals surface area contributed by atoms with Crippen LogP contribution in [0.2, 0.25) is 0 Å². The molecule has 0 aliphatic carbocycles. The minimum absolute atomic E-state index is 0.240. The van der Waals surface area contributed by atoms with E-state index in [0.29, 0.717) is 30.3 Å². The lowest BCUT2D eigenvalue weighted by Crippen LogP contribution is -2.40. The van der Waals surface area contributed by atoms with E-state index in [0.717, 1.165) is 11.1 Å². The largest absolute Gasteiger partial charge is 0.364 e. The molecule has 26 heavy (non-hydrogen) atoms. The van der Waals surface area contributed by atoms with E-state index < -0.39 is 5.91 Å². The van der Waals surface area contributed by atoms with Crippen molar-refractivity contribution in [3.8, 4) is 0 Å². The Morgan fingerprint density at radius 2 is 1.85 bits per heavy atom. The first-order valence-electron chi connectivity index (χ1n) is 8.33. The van der Waals surface area contributed by atoms with E-state index >= 15 is 0 Å². The number of nitrogens with zero attached hydrogens (tertiary/aromatic N) is 3. The summed E-state index contributed by atoms with van der Waals surface area (Å²) in [6.07, 6.45) is 1.18. The zero-order chi connectivity index (χ0) is 18.8. The summed E-state index contributed by atoms with van der Waals surface area (Å²) in [4.78, 5) is 41.7. The lowest BCUT2D eigenvalue weighted by Gasteiger charge is -2.28. The highest BCUT2D eigenvalue weighted by Crippen LogP contribution is 2.16. The van der Waals surface area contributed by atoms with Crippen molar-refractivity contribution in [2.75, 3.05) is 11.9 Å². The molecule has 0 bridgehead atoms. The number of carbonyl (C=O) groups is 3. The van der Waals surface area contributed by atoms with Gasteiger partial charge >= 0.3 is 0 Å². The van der Waals surface area contributed by atoms with E-state index in [1.807, 2.05) is 32.0 Å². The lowest BCUT2D eigenvalue weighted by atomic mass is 10.1. The summed E-state index contributed by atoms with van der Waals surface area (Å²) < 4.78 is 1.71. The molecular weight excluding hydrogens is 334 g/mol. The van der Waals surface area contributed by atoms with Crippen LogP contribution in [0.1, 0.15) is 33.9 Å². The van der Waals surface area contributed by atoms with Gasteiger partial charge in [0.2, 0.25) is 11.8 Å². The highest BCUT2D eigenvalue weighted by atomic mass is 16.2. The molecular formula is C18H21N5O3. The second-order valence-corrected chi connectivity index (χ2v) is 6.49. The lowest BCUT2D eigenvalue weighted by molar-refractivity contribution is -0.135. The fraction of sp³-hybridized carbons (Fsp3) is 0.333. The SMILES string of the molecule is Cc1cc(C)cc(NC(=O)CC(=O)N2CCn3c(C(N)=O)cnc3C2)c1. The van der Waals surface area contributed by atoms with Crippen molar-refractivity contribution in [1.82, 2.24) is 14.5 Å². The van der Waals surface area contributed by atoms with Crippen LogP contribution in [0.25, 0.3) is 0 Å². The second-order valence-electron chi connectivity index (χ2n) is 6.49. The number of imidazole rings is 1. The molecule has 1 aromatic heterocycles. The second kappa shape index (κ2) is 6.99. The van der Waals surface area contributed by atoms with Gasteiger partial charge in [0.1, 0.15) is 17.9 Å². The first kappa shape index (κ1) is 17.7. The third kappa shape index (κ3) is 3.74. The number of anilines is 1. The molecule has 2 aromatic rings. The van der Waals surface area contributed by atoms with E-state index in [-0.39, 0.29) is 24.8 Å². The predicted octanol–water partition coefficient (Wildman–Crippen LogP) is 0.970. The van der Waals surface area contributed by atoms with Crippen molar-refractivity contribution in [3.63, 3.8) is 0 Å². The Morgan fingerprint density at radius 3 is 2.50 bits per heavy atom. The number of primary amides is 1. The fourth-order valence-electron chi connectivity index (χ4n) is 3.17. The number of aromatic nitrogens is 2. The summed E-state index contributed by atoms with van der Waals surface area (Å²) in [7, 11) is 0. The van der Waals surface area contributed by atoms with E-state index in [1.165, 1.54) is 6.20 Å². The van der Waals surface area contributed by atoms with Crippen molar-refractivity contribution < 1.29 is 14.4 Å². The van der Waals surface area contributed by atoms with Crippen molar-refractivity contribution >= 4 is 23.4 Å². The number of nitrogens with two attached hydrogens (primary N) is 1. The van der Waals surface area contributed by atoms with Crippen LogP contribution < -0.4 is 11.1 Å². The normalized spacial score (nSPS) is 13.2. The molecule has 3 amide bonds. The Morgan fingerprint density at radius 1 is 1.15 bits per heavy atom. The number of aryl methyl sites for hydroxylation is 2. The standard InChI is InChI=1S/C18H21N5O3/c1-11-5-12(2)7-13(6-11)21-16(24)8-17(25)22-3-4-23-14(18(19)26)9-20-15(23)10-22/h5-7,9H,3-4,8,10H2,1-2H3,(H2,19,26)(H,21,24). The van der Waals surface area contributed by atoms with Gasteiger partial charge in [-0.3, -0.25) is 14.4 Å². The molecule has 0 spiro atoms. The zero-order valence-corrected chi connectivity index (χ0v) is 14.8. The highest BCUT2D eigenvalue weighted by Gasteiger charge is 2.26. The van der Waals surface area contributed by atoms with E-state index in [1.54, 1.807) is 9.47 Å². The monoisotopic (exact) mass is 355 g/mol. The number of hydrogen-bond donors (Lipinski definition) is 2. The molecule has 0 saturated heterocycles. The maximum absolute atomic E-state index is 12.4. The van der Waals surface area contributed by atoms with Crippen LogP contribution >= 0.6 is 0 Å². The zero-order valence-electron chi connectivity index (χ0n) is 14.8. The van der Waals surface area contributed by atoms with E-state index in [2.05, 4.69) is 10.3 Å². The van der Waals surface area contributed by atoms with E-state index in [4.69, 9.17) is 5.73 Å². The van der Waals surface area contributed by atoms with Gasteiger partial charge in [-0.15, -0.1) is 0 Å². The summed E-state index contributed by atoms with van der Waals surface area (Å²) >= 11 is 0. The molecule has 0 radical (unpaired) electrons. The number of fused-ring (bicyclic) bond motifs is 1. The summed E-state index contributed by atoms with van der Waals surface area (Å²) in [5, 5.41) is 2.76. The van der Waals surface area contributed by atoms with Crippen LogP contribution in [-0.2, 0) is 22.7 Å². The number of nitrogens with one attached hydrogen (secondary N) is 1. The fourth-order valence-corrected chi connectivity index (χ4v) is 3.17. The van der Waals surface area contributed by atoms with Crippen molar-refractivity contribution in [2.45, 2.75) is 33.4 Å². The van der Waals surface area contributed by atoms with Gasteiger partial charge in [0.05, 0.1) is 12.7 Å². The van der Waals surface area contributed by atoms with Gasteiger partial charge in [-0.25, -0.2) is 4.98 Å². The van der Waals surface area contributed by atoms with Gasteiger partial charge in [-0.05, 0) is 37.1 Å². The maximum atomic E-state index is 12.4. The van der Waals surface area contributed by atoms with E-state index in [9.17, 15) is 14.4 Å². The molecule has 0 atom stereocenters. The minimum Gasteiger partial charge on any atom is -0.364 e. The third-order valence-corrected chi connectivity index (χ3v) is 4.29. The van der Waals surface area contributed by atoms with Crippen LogP contribution in [0, 0.1) is 13.8 Å². The maximum Gasteiger partial charge on any atom is 0.266 e. The van der Waals surface area contributed by atoms with Crippen LogP contribution in [0.3, 0.4) is 0 Å². The molecule has 0 saturated carbocycles. The number of hydrogen-bond acceptors (Lipinski definition) is 4. The minimum atomic E-state index is -0.545. The van der Waals surface area contributed by atoms with Crippen molar-refractivity contribution in [3.05, 3.63) is 47.0 Å². The molecule has 3 rings (SSSR count). The summed E-state index contributed by atoms with van der Waals surface area (Å²) in [5.41, 5.74) is 8.40. The van der Waals surface area contributed by atoms with Gasteiger partial charge in [0.15, 0.2) is 0 Å². The molecule has 0 unspecified atom stereocenters. The van der Waals surface area contributed by atoms with Gasteiger partial charge in [0, 0.05) is 18.8 Å². The Kier molecular flexibility index (Phi) is 4.75. The Labute approximate surface area is 151 Å². The van der Waals surface area contributed by atoms with Crippen LogP contribution in [0.15, 0.2) is 24.4 Å². The molecule has 3 N–H and O–H groups in total.